The molecule has 1 aromatic carbocycles. The van der Waals surface area contributed by atoms with Crippen molar-refractivity contribution in [2.45, 2.75) is 53.5 Å². The molecule has 0 amide bonds. The highest BCUT2D eigenvalue weighted by Crippen LogP contribution is 2.19. The fourth-order valence-corrected chi connectivity index (χ4v) is 3.91. The molecule has 0 spiro atoms. The normalized spacial score (nSPS) is 12.0. The monoisotopic (exact) mass is 428 g/mol. The van der Waals surface area contributed by atoms with Gasteiger partial charge in [0.1, 0.15) is 5.82 Å². The minimum Gasteiger partial charge on any atom is -0.346 e. The van der Waals surface area contributed by atoms with E-state index < -0.39 is 0 Å². The first-order chi connectivity index (χ1) is 12.8. The maximum atomic E-state index is 13.0. The molecule has 0 fully saturated rings. The Kier molecular flexibility index (Phi) is 5.65. The van der Waals surface area contributed by atoms with Crippen LogP contribution in [-0.4, -0.2) is 20.4 Å². The zero-order valence-corrected chi connectivity index (χ0v) is 18.0. The second-order valence-electron chi connectivity index (χ2n) is 7.09. The Bertz CT molecular complexity index is 1080. The van der Waals surface area contributed by atoms with Gasteiger partial charge in [0, 0.05) is 33.9 Å². The van der Waals surface area contributed by atoms with E-state index in [0.717, 1.165) is 22.2 Å². The zero-order valence-electron chi connectivity index (χ0n) is 16.5. The Balaban J connectivity index is 2.15. The molecule has 0 N–H and O–H groups in total. The summed E-state index contributed by atoms with van der Waals surface area (Å²) in [5.41, 5.74) is 3.91. The van der Waals surface area contributed by atoms with Gasteiger partial charge in [0.2, 0.25) is 0 Å². The Morgan fingerprint density at radius 1 is 1.26 bits per heavy atom. The largest absolute Gasteiger partial charge is 0.346 e. The number of hydrogen-bond donors (Lipinski definition) is 0. The predicted octanol–water partition coefficient (Wildman–Crippen LogP) is 4.99. The van der Waals surface area contributed by atoms with Crippen LogP contribution >= 0.6 is 15.9 Å². The highest BCUT2D eigenvalue weighted by molar-refractivity contribution is 9.10. The zero-order chi connectivity index (χ0) is 19.7. The molecule has 0 aliphatic rings. The number of hydrogen-bond acceptors (Lipinski definition) is 3. The molecule has 3 rings (SSSR count). The molecule has 0 saturated carbocycles. The van der Waals surface area contributed by atoms with Gasteiger partial charge in [0.05, 0.1) is 17.1 Å². The van der Waals surface area contributed by atoms with Crippen molar-refractivity contribution >= 4 is 33.0 Å². The Morgan fingerprint density at radius 2 is 2.00 bits per heavy atom. The van der Waals surface area contributed by atoms with E-state index >= 15 is 0 Å². The number of aryl methyl sites for hydroxylation is 2. The maximum absolute atomic E-state index is 13.0. The van der Waals surface area contributed by atoms with Crippen molar-refractivity contribution in [2.24, 2.45) is 5.10 Å². The first-order valence-electron chi connectivity index (χ1n) is 9.27. The molecular weight excluding hydrogens is 404 g/mol. The van der Waals surface area contributed by atoms with E-state index in [-0.39, 0.29) is 5.56 Å². The van der Waals surface area contributed by atoms with Crippen molar-refractivity contribution in [1.29, 1.82) is 0 Å². The number of fused-ring (bicyclic) bond motifs is 1. The fraction of sp³-hybridized carbons (Fsp3) is 0.381. The van der Waals surface area contributed by atoms with Crippen molar-refractivity contribution in [3.8, 4) is 0 Å². The van der Waals surface area contributed by atoms with Crippen LogP contribution in [0.3, 0.4) is 0 Å². The third-order valence-corrected chi connectivity index (χ3v) is 5.19. The highest BCUT2D eigenvalue weighted by atomic mass is 79.9. The van der Waals surface area contributed by atoms with Gasteiger partial charge in [-0.1, -0.05) is 22.9 Å². The van der Waals surface area contributed by atoms with Crippen molar-refractivity contribution in [3.63, 3.8) is 0 Å². The van der Waals surface area contributed by atoms with E-state index in [1.165, 1.54) is 10.4 Å². The molecule has 0 saturated heterocycles. The van der Waals surface area contributed by atoms with Crippen LogP contribution in [0, 0.1) is 13.8 Å². The van der Waals surface area contributed by atoms with E-state index in [9.17, 15) is 4.79 Å². The van der Waals surface area contributed by atoms with Crippen LogP contribution in [0.4, 0.5) is 0 Å². The van der Waals surface area contributed by atoms with Crippen LogP contribution in [0.15, 0.2) is 38.6 Å². The Morgan fingerprint density at radius 3 is 2.63 bits per heavy atom. The lowest BCUT2D eigenvalue weighted by molar-refractivity contribution is 0.574. The average Bonchev–Trinajstić information content (AvgIpc) is 2.89. The summed E-state index contributed by atoms with van der Waals surface area (Å²) in [7, 11) is 0. The Labute approximate surface area is 167 Å². The SMILES string of the molecule is CCCc1nc2ccc(Br)cc2c(=O)n1N=Cc1cc(C)n(C(C)C)c1C. The van der Waals surface area contributed by atoms with E-state index in [1.54, 1.807) is 12.3 Å². The number of benzene rings is 1. The number of halogens is 1. The smallest absolute Gasteiger partial charge is 0.282 e. The van der Waals surface area contributed by atoms with Gasteiger partial charge in [-0.15, -0.1) is 0 Å². The third-order valence-electron chi connectivity index (χ3n) is 4.70. The summed E-state index contributed by atoms with van der Waals surface area (Å²) in [4.78, 5) is 17.7. The lowest BCUT2D eigenvalue weighted by Crippen LogP contribution is -2.22. The topological polar surface area (TPSA) is 52.2 Å². The Hall–Kier alpha value is -2.21. The standard InChI is InChI=1S/C21H25BrN4O/c1-6-7-20-24-19-9-8-17(22)11-18(19)21(27)26(20)23-12-16-10-14(4)25(13(2)3)15(16)5/h8-13H,6-7H2,1-5H3. The molecule has 6 heteroatoms. The van der Waals surface area contributed by atoms with Crippen LogP contribution in [-0.2, 0) is 6.42 Å². The highest BCUT2D eigenvalue weighted by Gasteiger charge is 2.12. The van der Waals surface area contributed by atoms with E-state index in [0.29, 0.717) is 29.2 Å². The average molecular weight is 429 g/mol. The molecular formula is C21H25BrN4O. The van der Waals surface area contributed by atoms with Crippen molar-refractivity contribution in [3.05, 3.63) is 61.9 Å². The second-order valence-corrected chi connectivity index (χ2v) is 8.01. The van der Waals surface area contributed by atoms with Crippen molar-refractivity contribution in [1.82, 2.24) is 14.2 Å². The van der Waals surface area contributed by atoms with Crippen LogP contribution in [0.5, 0.6) is 0 Å². The molecule has 0 bridgehead atoms. The quantitative estimate of drug-likeness (QED) is 0.537. The summed E-state index contributed by atoms with van der Waals surface area (Å²) in [6.07, 6.45) is 3.36. The van der Waals surface area contributed by atoms with Gasteiger partial charge in [0.15, 0.2) is 0 Å². The summed E-state index contributed by atoms with van der Waals surface area (Å²) in [5, 5.41) is 5.10. The second kappa shape index (κ2) is 7.80. The van der Waals surface area contributed by atoms with Gasteiger partial charge in [-0.3, -0.25) is 4.79 Å². The molecule has 2 heterocycles. The van der Waals surface area contributed by atoms with Crippen molar-refractivity contribution < 1.29 is 0 Å². The summed E-state index contributed by atoms with van der Waals surface area (Å²) >= 11 is 3.43. The van der Waals surface area contributed by atoms with Crippen LogP contribution < -0.4 is 5.56 Å². The number of aromatic nitrogens is 3. The summed E-state index contributed by atoms with van der Waals surface area (Å²) in [5.74, 6) is 0.686. The number of nitrogens with zero attached hydrogens (tertiary/aromatic N) is 4. The molecule has 27 heavy (non-hydrogen) atoms. The van der Waals surface area contributed by atoms with E-state index in [1.807, 2.05) is 12.1 Å². The fourth-order valence-electron chi connectivity index (χ4n) is 3.55. The lowest BCUT2D eigenvalue weighted by Gasteiger charge is -2.13. The molecule has 0 atom stereocenters. The maximum Gasteiger partial charge on any atom is 0.282 e. The van der Waals surface area contributed by atoms with E-state index in [2.05, 4.69) is 71.3 Å². The molecule has 0 radical (unpaired) electrons. The molecule has 142 valence electrons. The minimum absolute atomic E-state index is 0.140. The third kappa shape index (κ3) is 3.76. The number of rotatable bonds is 5. The van der Waals surface area contributed by atoms with Crippen LogP contribution in [0.2, 0.25) is 0 Å². The summed E-state index contributed by atoms with van der Waals surface area (Å²) < 4.78 is 4.57. The molecule has 5 nitrogen and oxygen atoms in total. The summed E-state index contributed by atoms with van der Waals surface area (Å²) in [6.45, 7) is 10.6. The van der Waals surface area contributed by atoms with Gasteiger partial charge in [0.25, 0.3) is 5.56 Å². The summed E-state index contributed by atoms with van der Waals surface area (Å²) in [6, 6.07) is 8.06. The van der Waals surface area contributed by atoms with Gasteiger partial charge < -0.3 is 4.57 Å². The molecule has 3 aromatic rings. The molecule has 0 unspecified atom stereocenters. The van der Waals surface area contributed by atoms with E-state index in [4.69, 9.17) is 0 Å². The van der Waals surface area contributed by atoms with Gasteiger partial charge in [-0.25, -0.2) is 4.98 Å². The molecule has 0 aliphatic carbocycles. The minimum atomic E-state index is -0.140. The van der Waals surface area contributed by atoms with Gasteiger partial charge in [-0.2, -0.15) is 9.78 Å². The predicted molar refractivity (Wildman–Crippen MR) is 115 cm³/mol. The first-order valence-corrected chi connectivity index (χ1v) is 10.1. The van der Waals surface area contributed by atoms with Crippen LogP contribution in [0.1, 0.15) is 56.0 Å². The van der Waals surface area contributed by atoms with Gasteiger partial charge in [-0.05, 0) is 58.4 Å². The molecule has 0 aliphatic heterocycles. The lowest BCUT2D eigenvalue weighted by atomic mass is 10.2. The van der Waals surface area contributed by atoms with Crippen molar-refractivity contribution in [2.75, 3.05) is 0 Å². The van der Waals surface area contributed by atoms with Crippen LogP contribution in [0.25, 0.3) is 10.9 Å². The van der Waals surface area contributed by atoms with Gasteiger partial charge >= 0.3 is 0 Å². The molecule has 2 aromatic heterocycles. The first kappa shape index (κ1) is 19.5.